The van der Waals surface area contributed by atoms with Gasteiger partial charge < -0.3 is 20.5 Å². The Labute approximate surface area is 205 Å². The van der Waals surface area contributed by atoms with E-state index >= 15 is 0 Å². The van der Waals surface area contributed by atoms with Crippen LogP contribution in [0.3, 0.4) is 0 Å². The lowest BCUT2D eigenvalue weighted by Crippen LogP contribution is -2.35. The Morgan fingerprint density at radius 2 is 1.89 bits per heavy atom. The minimum Gasteiger partial charge on any atom is -0.365 e. The molecule has 2 aromatic heterocycles. The normalized spacial score (nSPS) is 19.2. The van der Waals surface area contributed by atoms with E-state index < -0.39 is 23.3 Å². The molecule has 0 spiro atoms. The van der Waals surface area contributed by atoms with Gasteiger partial charge >= 0.3 is 6.18 Å². The summed E-state index contributed by atoms with van der Waals surface area (Å²) < 4.78 is 43.3. The third-order valence-corrected chi connectivity index (χ3v) is 7.21. The van der Waals surface area contributed by atoms with E-state index in [4.69, 9.17) is 5.73 Å². The minimum absolute atomic E-state index is 0.0527. The summed E-state index contributed by atoms with van der Waals surface area (Å²) >= 11 is 0. The summed E-state index contributed by atoms with van der Waals surface area (Å²) in [4.78, 5) is 28.7. The number of nitrogens with zero attached hydrogens (tertiary/aromatic N) is 4. The molecule has 2 atom stereocenters. The van der Waals surface area contributed by atoms with E-state index in [1.54, 1.807) is 23.8 Å². The summed E-state index contributed by atoms with van der Waals surface area (Å²) in [5.74, 6) is 0.329. The zero-order chi connectivity index (χ0) is 25.9. The Hall–Kier alpha value is -3.34. The second kappa shape index (κ2) is 8.65. The number of alkyl halides is 3. The summed E-state index contributed by atoms with van der Waals surface area (Å²) in [5, 5.41) is 8.36. The maximum atomic E-state index is 13.5. The van der Waals surface area contributed by atoms with Gasteiger partial charge in [0.05, 0.1) is 22.4 Å². The van der Waals surface area contributed by atoms with Crippen LogP contribution in [-0.2, 0) is 13.2 Å². The fraction of sp³-hybridized carbons (Fsp3) is 0.480. The molecule has 0 amide bonds. The van der Waals surface area contributed by atoms with Crippen LogP contribution < -0.4 is 27.1 Å². The van der Waals surface area contributed by atoms with Crippen LogP contribution in [0.5, 0.6) is 0 Å². The highest BCUT2D eigenvalue weighted by Crippen LogP contribution is 2.38. The van der Waals surface area contributed by atoms with Crippen molar-refractivity contribution in [3.05, 3.63) is 61.8 Å². The van der Waals surface area contributed by atoms with Crippen LogP contribution in [0.1, 0.15) is 55.0 Å². The van der Waals surface area contributed by atoms with Crippen molar-refractivity contribution < 1.29 is 13.2 Å². The van der Waals surface area contributed by atoms with Gasteiger partial charge in [-0.1, -0.05) is 12.1 Å². The van der Waals surface area contributed by atoms with Gasteiger partial charge in [0.25, 0.3) is 11.1 Å². The molecule has 1 saturated heterocycles. The van der Waals surface area contributed by atoms with Gasteiger partial charge in [-0.3, -0.25) is 9.59 Å². The first-order valence-electron chi connectivity index (χ1n) is 12.1. The lowest BCUT2D eigenvalue weighted by Gasteiger charge is -2.24. The topological polar surface area (TPSA) is 98.2 Å². The van der Waals surface area contributed by atoms with Gasteiger partial charge in [0.2, 0.25) is 0 Å². The molecule has 8 nitrogen and oxygen atoms in total. The lowest BCUT2D eigenvalue weighted by molar-refractivity contribution is -0.138. The maximum Gasteiger partial charge on any atom is 0.416 e. The van der Waals surface area contributed by atoms with Gasteiger partial charge in [-0.05, 0) is 50.3 Å². The number of benzene rings is 1. The molecule has 1 aromatic carbocycles. The second-order valence-electron chi connectivity index (χ2n) is 9.87. The molecular weight excluding hydrogens is 473 g/mol. The van der Waals surface area contributed by atoms with E-state index in [0.717, 1.165) is 23.6 Å². The molecule has 3 aromatic rings. The molecule has 1 aliphatic carbocycles. The molecular formula is C25H29F3N6O2. The van der Waals surface area contributed by atoms with Crippen LogP contribution in [0.4, 0.5) is 24.7 Å². The van der Waals surface area contributed by atoms with E-state index in [1.165, 1.54) is 20.0 Å². The van der Waals surface area contributed by atoms with Gasteiger partial charge in [0.15, 0.2) is 5.82 Å². The van der Waals surface area contributed by atoms with E-state index in [2.05, 4.69) is 10.4 Å². The summed E-state index contributed by atoms with van der Waals surface area (Å²) in [6, 6.07) is 3.49. The number of nitrogens with two attached hydrogens (primary N) is 1. The number of anilines is 2. The average Bonchev–Trinajstić information content (AvgIpc) is 3.56. The van der Waals surface area contributed by atoms with Gasteiger partial charge in [-0.25, -0.2) is 4.68 Å². The van der Waals surface area contributed by atoms with Gasteiger partial charge in [-0.15, -0.1) is 0 Å². The highest BCUT2D eigenvalue weighted by Gasteiger charge is 2.34. The molecule has 0 unspecified atom stereocenters. The Balaban J connectivity index is 1.67. The number of rotatable bonds is 5. The molecule has 3 N–H and O–H groups in total. The van der Waals surface area contributed by atoms with Crippen molar-refractivity contribution in [1.82, 2.24) is 14.3 Å². The van der Waals surface area contributed by atoms with Crippen LogP contribution in [0, 0.1) is 6.92 Å². The van der Waals surface area contributed by atoms with Crippen molar-refractivity contribution in [1.29, 1.82) is 0 Å². The molecule has 5 rings (SSSR count). The molecule has 0 radical (unpaired) electrons. The number of aryl methyl sites for hydroxylation is 1. The van der Waals surface area contributed by atoms with E-state index in [1.807, 2.05) is 4.90 Å². The maximum absolute atomic E-state index is 13.5. The SMILES string of the molecule is Cc1c([C@@H](C)Nc2nn(C)c(=O)c3c(N4CC[C@H](N)C4)c(=O)n(C4CC4)cc23)cccc1C(F)(F)F. The second-order valence-corrected chi connectivity index (χ2v) is 9.87. The zero-order valence-corrected chi connectivity index (χ0v) is 20.4. The molecule has 1 aliphatic heterocycles. The van der Waals surface area contributed by atoms with Crippen LogP contribution in [0.15, 0.2) is 34.0 Å². The molecule has 0 bridgehead atoms. The fourth-order valence-corrected chi connectivity index (χ4v) is 5.15. The minimum atomic E-state index is -4.47. The quantitative estimate of drug-likeness (QED) is 0.555. The third kappa shape index (κ3) is 4.15. The number of nitrogens with one attached hydrogen (secondary N) is 1. The smallest absolute Gasteiger partial charge is 0.365 e. The standard InChI is InChI=1S/C25H29F3N6O2/c1-13-17(5-4-6-19(13)25(26,27)28)14(2)30-22-18-12-34(16-7-8-16)24(36)21(33-10-9-15(29)11-33)20(18)23(35)32(3)31-22/h4-6,12,14-16H,7-11,29H2,1-3H3,(H,30,31)/t14-,15+/m1/s1. The van der Waals surface area contributed by atoms with Crippen molar-refractivity contribution in [3.63, 3.8) is 0 Å². The number of hydrogen-bond donors (Lipinski definition) is 2. The Morgan fingerprint density at radius 3 is 2.50 bits per heavy atom. The molecule has 36 heavy (non-hydrogen) atoms. The number of pyridine rings is 1. The number of aromatic nitrogens is 3. The first-order valence-corrected chi connectivity index (χ1v) is 12.1. The predicted molar refractivity (Wildman–Crippen MR) is 133 cm³/mol. The number of halogens is 3. The highest BCUT2D eigenvalue weighted by molar-refractivity contribution is 5.99. The Kier molecular flexibility index (Phi) is 5.85. The Morgan fingerprint density at radius 1 is 1.17 bits per heavy atom. The predicted octanol–water partition coefficient (Wildman–Crippen LogP) is 3.47. The summed E-state index contributed by atoms with van der Waals surface area (Å²) in [6.07, 6.45) is -0.359. The lowest BCUT2D eigenvalue weighted by atomic mass is 9.97. The van der Waals surface area contributed by atoms with Gasteiger partial charge in [0.1, 0.15) is 5.69 Å². The molecule has 2 aliphatic rings. The van der Waals surface area contributed by atoms with Crippen molar-refractivity contribution >= 4 is 22.3 Å². The van der Waals surface area contributed by atoms with E-state index in [9.17, 15) is 22.8 Å². The molecule has 3 heterocycles. The molecule has 11 heteroatoms. The number of hydrogen-bond acceptors (Lipinski definition) is 6. The molecule has 1 saturated carbocycles. The van der Waals surface area contributed by atoms with Crippen LogP contribution in [-0.4, -0.2) is 33.5 Å². The van der Waals surface area contributed by atoms with Crippen LogP contribution >= 0.6 is 0 Å². The summed E-state index contributed by atoms with van der Waals surface area (Å²) in [7, 11) is 1.50. The first kappa shape index (κ1) is 24.4. The van der Waals surface area contributed by atoms with Crippen molar-refractivity contribution in [2.75, 3.05) is 23.3 Å². The van der Waals surface area contributed by atoms with E-state index in [-0.39, 0.29) is 28.6 Å². The third-order valence-electron chi connectivity index (χ3n) is 7.21. The molecule has 2 fully saturated rings. The van der Waals surface area contributed by atoms with Gasteiger partial charge in [-0.2, -0.15) is 18.3 Å². The average molecular weight is 503 g/mol. The van der Waals surface area contributed by atoms with Crippen molar-refractivity contribution in [3.8, 4) is 0 Å². The zero-order valence-electron chi connectivity index (χ0n) is 20.4. The monoisotopic (exact) mass is 502 g/mol. The van der Waals surface area contributed by atoms with Crippen molar-refractivity contribution in [2.45, 2.75) is 57.4 Å². The summed E-state index contributed by atoms with van der Waals surface area (Å²) in [5.41, 5.74) is 5.70. The first-order chi connectivity index (χ1) is 17.0. The number of fused-ring (bicyclic) bond motifs is 1. The van der Waals surface area contributed by atoms with Crippen molar-refractivity contribution in [2.24, 2.45) is 12.8 Å². The fourth-order valence-electron chi connectivity index (χ4n) is 5.15. The largest absolute Gasteiger partial charge is 0.416 e. The summed E-state index contributed by atoms with van der Waals surface area (Å²) in [6.45, 7) is 4.22. The van der Waals surface area contributed by atoms with E-state index in [0.29, 0.717) is 42.0 Å². The highest BCUT2D eigenvalue weighted by atomic mass is 19.4. The molecule has 192 valence electrons. The van der Waals surface area contributed by atoms with Crippen LogP contribution in [0.2, 0.25) is 0 Å². The van der Waals surface area contributed by atoms with Gasteiger partial charge in [0, 0.05) is 38.4 Å². The Bertz CT molecular complexity index is 1460. The van der Waals surface area contributed by atoms with Crippen LogP contribution in [0.25, 0.3) is 10.8 Å².